The Kier molecular flexibility index (Phi) is 10.6. The van der Waals surface area contributed by atoms with Crippen LogP contribution in [0.2, 0.25) is 0 Å². The number of aryl methyl sites for hydroxylation is 1. The van der Waals surface area contributed by atoms with Crippen molar-refractivity contribution in [2.24, 2.45) is 4.99 Å². The maximum Gasteiger partial charge on any atom is 0.332 e. The number of nitrogens with zero attached hydrogens (tertiary/aromatic N) is 8. The third-order valence-electron chi connectivity index (χ3n) is 11.6. The Morgan fingerprint density at radius 2 is 1.73 bits per heavy atom. The highest BCUT2D eigenvalue weighted by Crippen LogP contribution is 2.42. The number of benzene rings is 3. The number of aliphatic imine (C=N–C) groups is 1. The van der Waals surface area contributed by atoms with E-state index >= 15 is 0 Å². The van der Waals surface area contributed by atoms with Crippen molar-refractivity contribution in [2.45, 2.75) is 64.2 Å². The van der Waals surface area contributed by atoms with Crippen molar-refractivity contribution in [2.75, 3.05) is 38.3 Å². The van der Waals surface area contributed by atoms with Crippen LogP contribution < -0.4 is 20.7 Å². The number of methoxy groups -OCH3 is 1. The van der Waals surface area contributed by atoms with Crippen LogP contribution in [-0.4, -0.2) is 94.4 Å². The molecule has 16 heteroatoms. The van der Waals surface area contributed by atoms with Crippen molar-refractivity contribution in [3.8, 4) is 21.9 Å². The summed E-state index contributed by atoms with van der Waals surface area (Å²) in [6.45, 7) is 5.70. The van der Waals surface area contributed by atoms with Crippen LogP contribution in [0.4, 0.5) is 0 Å². The number of fused-ring (bicyclic) bond motifs is 4. The Labute approximate surface area is 346 Å². The number of ether oxygens (including phenoxy) is 2. The first-order valence-corrected chi connectivity index (χ1v) is 22.3. The molecule has 1 amide bonds. The highest BCUT2D eigenvalue weighted by atomic mass is 32.2. The minimum Gasteiger partial charge on any atom is -0.493 e. The van der Waals surface area contributed by atoms with E-state index in [1.807, 2.05) is 86.6 Å². The van der Waals surface area contributed by atoms with Crippen LogP contribution >= 0.6 is 11.3 Å². The Bertz CT molecular complexity index is 2730. The molecule has 0 saturated carbocycles. The maximum absolute atomic E-state index is 14.3. The number of amides is 1. The second-order valence-electron chi connectivity index (χ2n) is 15.0. The highest BCUT2D eigenvalue weighted by Gasteiger charge is 2.37. The lowest BCUT2D eigenvalue weighted by molar-refractivity contribution is 0.0691. The summed E-state index contributed by atoms with van der Waals surface area (Å²) >= 11 is 1.37. The first-order valence-electron chi connectivity index (χ1n) is 20.0. The molecule has 0 N–H and O–H groups in total. The molecule has 0 unspecified atom stereocenters. The standard InChI is InChI=1S/C43H44N8O6S2/c1-4-50-46-38(45-47-50)24-49-34-23-37(26-9-7-6-8-10-26)58-40(34)42(53)51(43(49)54)29-15-18-48(19-16-29)41(52)28-13-11-27(12-14-28)39-31-22-35(56-3)36(57-5-2)21-30(31)32-25-59(55)20-17-33(32)44-39/h6-14,21-23,29,32-33H,4-5,15-20,24-25H2,1-3H3/t32-,33-,59-/m1/s1. The molecule has 0 spiro atoms. The molecule has 3 atom stereocenters. The lowest BCUT2D eigenvalue weighted by Crippen LogP contribution is -2.46. The Morgan fingerprint density at radius 3 is 2.44 bits per heavy atom. The summed E-state index contributed by atoms with van der Waals surface area (Å²) in [6.07, 6.45) is 1.62. The van der Waals surface area contributed by atoms with Gasteiger partial charge in [0.2, 0.25) is 0 Å². The van der Waals surface area contributed by atoms with Gasteiger partial charge in [-0.25, -0.2) is 4.79 Å². The van der Waals surface area contributed by atoms with Gasteiger partial charge in [-0.15, -0.1) is 21.5 Å². The fourth-order valence-electron chi connectivity index (χ4n) is 8.56. The molecule has 0 aliphatic carbocycles. The van der Waals surface area contributed by atoms with Crippen LogP contribution in [-0.2, 0) is 23.9 Å². The fourth-order valence-corrected chi connectivity index (χ4v) is 11.1. The van der Waals surface area contributed by atoms with Gasteiger partial charge in [0.15, 0.2) is 17.3 Å². The maximum atomic E-state index is 14.3. The molecule has 3 aliphatic heterocycles. The van der Waals surface area contributed by atoms with Gasteiger partial charge in [0.1, 0.15) is 4.70 Å². The second-order valence-corrected chi connectivity index (χ2v) is 17.7. The lowest BCUT2D eigenvalue weighted by atomic mass is 9.81. The van der Waals surface area contributed by atoms with Gasteiger partial charge in [-0.1, -0.05) is 42.5 Å². The van der Waals surface area contributed by atoms with E-state index in [9.17, 15) is 18.6 Å². The molecule has 3 aromatic heterocycles. The average molecular weight is 833 g/mol. The van der Waals surface area contributed by atoms with Crippen LogP contribution in [0, 0.1) is 0 Å². The smallest absolute Gasteiger partial charge is 0.332 e. The molecular formula is C43H44N8O6S2. The third kappa shape index (κ3) is 7.22. The molecule has 2 fully saturated rings. The summed E-state index contributed by atoms with van der Waals surface area (Å²) in [7, 11) is 0.705. The molecule has 6 heterocycles. The van der Waals surface area contributed by atoms with E-state index in [1.165, 1.54) is 20.7 Å². The van der Waals surface area contributed by atoms with E-state index in [0.29, 0.717) is 83.7 Å². The topological polar surface area (TPSA) is 156 Å². The van der Waals surface area contributed by atoms with E-state index in [4.69, 9.17) is 14.5 Å². The number of carbonyl (C=O) groups excluding carboxylic acids is 1. The normalized spacial score (nSPS) is 19.3. The van der Waals surface area contributed by atoms with E-state index in [0.717, 1.165) is 39.3 Å². The predicted molar refractivity (Wildman–Crippen MR) is 228 cm³/mol. The van der Waals surface area contributed by atoms with Gasteiger partial charge in [0.05, 0.1) is 44.1 Å². The monoisotopic (exact) mass is 832 g/mol. The zero-order chi connectivity index (χ0) is 40.8. The van der Waals surface area contributed by atoms with Crippen LogP contribution in [0.3, 0.4) is 0 Å². The molecule has 2 saturated heterocycles. The summed E-state index contributed by atoms with van der Waals surface area (Å²) in [5.74, 6) is 2.73. The van der Waals surface area contributed by atoms with Crippen LogP contribution in [0.5, 0.6) is 11.5 Å². The molecule has 59 heavy (non-hydrogen) atoms. The predicted octanol–water partition coefficient (Wildman–Crippen LogP) is 5.29. The van der Waals surface area contributed by atoms with Crippen molar-refractivity contribution in [1.29, 1.82) is 0 Å². The van der Waals surface area contributed by atoms with E-state index in [1.54, 1.807) is 16.6 Å². The second kappa shape index (κ2) is 16.1. The number of thiophene rings is 1. The number of hydrogen-bond acceptors (Lipinski definition) is 11. The number of piperidine rings is 1. The van der Waals surface area contributed by atoms with Crippen LogP contribution in [0.1, 0.15) is 77.9 Å². The van der Waals surface area contributed by atoms with Crippen molar-refractivity contribution in [3.63, 3.8) is 0 Å². The first kappa shape index (κ1) is 38.8. The van der Waals surface area contributed by atoms with Gasteiger partial charge < -0.3 is 14.4 Å². The SMILES string of the molecule is CCOc1cc2c(cc1OC)C(c1ccc(C(=O)N3CCC(n4c(=O)c5sc(-c6ccccc6)cc5n(Cc5nnn(CC)n5)c4=O)CC3)cc1)=N[C@@H]1CC[S@@](=O)C[C@H]21. The van der Waals surface area contributed by atoms with E-state index < -0.39 is 22.5 Å². The number of hydrogen-bond donors (Lipinski definition) is 0. The summed E-state index contributed by atoms with van der Waals surface area (Å²) < 4.78 is 27.7. The number of carbonyl (C=O) groups is 1. The summed E-state index contributed by atoms with van der Waals surface area (Å²) in [6, 6.07) is 22.8. The molecule has 0 radical (unpaired) electrons. The largest absolute Gasteiger partial charge is 0.493 e. The molecule has 9 rings (SSSR count). The van der Waals surface area contributed by atoms with Crippen molar-refractivity contribution in [3.05, 3.63) is 122 Å². The molecule has 304 valence electrons. The minimum atomic E-state index is -0.910. The highest BCUT2D eigenvalue weighted by molar-refractivity contribution is 7.85. The summed E-state index contributed by atoms with van der Waals surface area (Å²) in [4.78, 5) is 51.8. The number of likely N-dealkylation sites (tertiary alicyclic amines) is 1. The fraction of sp³-hybridized carbons (Fsp3) is 0.372. The average Bonchev–Trinajstić information content (AvgIpc) is 3.93. The number of rotatable bonds is 10. The molecule has 3 aromatic carbocycles. The molecule has 6 aromatic rings. The molecule has 0 bridgehead atoms. The van der Waals surface area contributed by atoms with Crippen molar-refractivity contribution >= 4 is 44.0 Å². The summed E-state index contributed by atoms with van der Waals surface area (Å²) in [5.41, 5.74) is 4.94. The van der Waals surface area contributed by atoms with Crippen LogP contribution in [0.15, 0.2) is 87.4 Å². The van der Waals surface area contributed by atoms with Crippen molar-refractivity contribution < 1.29 is 18.5 Å². The third-order valence-corrected chi connectivity index (χ3v) is 14.2. The Balaban J connectivity index is 0.968. The molecule has 3 aliphatic rings. The Hall–Kier alpha value is -5.74. The van der Waals surface area contributed by atoms with Gasteiger partial charge in [-0.2, -0.15) is 4.80 Å². The van der Waals surface area contributed by atoms with Crippen LogP contribution in [0.25, 0.3) is 20.7 Å². The van der Waals surface area contributed by atoms with Gasteiger partial charge >= 0.3 is 5.69 Å². The zero-order valence-corrected chi connectivity index (χ0v) is 34.7. The minimum absolute atomic E-state index is 0.00265. The quantitative estimate of drug-likeness (QED) is 0.179. The first-order chi connectivity index (χ1) is 28.7. The van der Waals surface area contributed by atoms with Crippen molar-refractivity contribution in [1.82, 2.24) is 34.2 Å². The van der Waals surface area contributed by atoms with Gasteiger partial charge in [-0.05, 0) is 79.8 Å². The Morgan fingerprint density at radius 1 is 0.949 bits per heavy atom. The number of tetrazole rings is 1. The summed E-state index contributed by atoms with van der Waals surface area (Å²) in [5, 5.41) is 12.7. The molecular weight excluding hydrogens is 789 g/mol. The molecule has 14 nitrogen and oxygen atoms in total. The zero-order valence-electron chi connectivity index (χ0n) is 33.1. The van der Waals surface area contributed by atoms with E-state index in [2.05, 4.69) is 15.4 Å². The van der Waals surface area contributed by atoms with Gasteiger partial charge in [-0.3, -0.25) is 27.9 Å². The number of aromatic nitrogens is 6. The van der Waals surface area contributed by atoms with E-state index in [-0.39, 0.29) is 30.0 Å². The van der Waals surface area contributed by atoms with Gasteiger partial charge in [0, 0.05) is 68.9 Å². The lowest BCUT2D eigenvalue weighted by Gasteiger charge is -2.35. The van der Waals surface area contributed by atoms with Gasteiger partial charge in [0.25, 0.3) is 11.5 Å².